The minimum absolute atomic E-state index is 0.510. The van der Waals surface area contributed by atoms with E-state index in [2.05, 4.69) is 27.3 Å². The maximum atomic E-state index is 5.92. The van der Waals surface area contributed by atoms with E-state index in [4.69, 9.17) is 9.47 Å². The van der Waals surface area contributed by atoms with Crippen molar-refractivity contribution in [1.82, 2.24) is 15.2 Å². The van der Waals surface area contributed by atoms with Crippen LogP contribution in [0.1, 0.15) is 36.8 Å². The highest BCUT2D eigenvalue weighted by molar-refractivity contribution is 5.43. The zero-order chi connectivity index (χ0) is 18.5. The Hall–Kier alpha value is -2.11. The van der Waals surface area contributed by atoms with Crippen molar-refractivity contribution < 1.29 is 9.47 Å². The second kappa shape index (κ2) is 8.72. The van der Waals surface area contributed by atoms with E-state index in [0.29, 0.717) is 12.6 Å². The third-order valence-corrected chi connectivity index (χ3v) is 5.56. The van der Waals surface area contributed by atoms with Crippen LogP contribution in [0.2, 0.25) is 0 Å². The molecule has 0 bridgehead atoms. The van der Waals surface area contributed by atoms with Crippen LogP contribution in [0.5, 0.6) is 11.5 Å². The van der Waals surface area contributed by atoms with Crippen molar-refractivity contribution in [2.24, 2.45) is 0 Å². The highest BCUT2D eigenvalue weighted by atomic mass is 16.5. The van der Waals surface area contributed by atoms with Gasteiger partial charge in [0.15, 0.2) is 11.5 Å². The molecule has 2 fully saturated rings. The Morgan fingerprint density at radius 1 is 1.00 bits per heavy atom. The molecule has 0 atom stereocenters. The number of aromatic nitrogens is 1. The number of hydrogen-bond donors (Lipinski definition) is 1. The lowest BCUT2D eigenvalue weighted by atomic mass is 10.0. The lowest BCUT2D eigenvalue weighted by Gasteiger charge is -2.32. The molecule has 4 rings (SSSR count). The quantitative estimate of drug-likeness (QED) is 0.775. The lowest BCUT2D eigenvalue weighted by molar-refractivity contribution is 0.189. The number of nitrogens with one attached hydrogen (secondary N) is 1. The number of benzene rings is 1. The monoisotopic (exact) mass is 367 g/mol. The van der Waals surface area contributed by atoms with Crippen molar-refractivity contribution >= 4 is 0 Å². The second-order valence-electron chi connectivity index (χ2n) is 7.55. The van der Waals surface area contributed by atoms with Crippen LogP contribution in [0, 0.1) is 0 Å². The van der Waals surface area contributed by atoms with Gasteiger partial charge in [-0.25, -0.2) is 0 Å². The fourth-order valence-corrected chi connectivity index (χ4v) is 3.75. The summed E-state index contributed by atoms with van der Waals surface area (Å²) in [6, 6.07) is 11.6. The first-order valence-corrected chi connectivity index (χ1v) is 9.98. The summed E-state index contributed by atoms with van der Waals surface area (Å²) >= 11 is 0. The molecule has 1 N–H and O–H groups in total. The highest BCUT2D eigenvalue weighted by Gasteiger charge is 2.31. The zero-order valence-corrected chi connectivity index (χ0v) is 16.1. The van der Waals surface area contributed by atoms with Crippen LogP contribution in [-0.4, -0.2) is 42.2 Å². The highest BCUT2D eigenvalue weighted by Crippen LogP contribution is 2.30. The molecular formula is C22H29N3O2. The minimum atomic E-state index is 0.510. The van der Waals surface area contributed by atoms with Gasteiger partial charge in [0.25, 0.3) is 0 Å². The Morgan fingerprint density at radius 3 is 2.48 bits per heavy atom. The van der Waals surface area contributed by atoms with Crippen LogP contribution in [0.3, 0.4) is 0 Å². The summed E-state index contributed by atoms with van der Waals surface area (Å²) in [5, 5.41) is 3.72. The summed E-state index contributed by atoms with van der Waals surface area (Å²) < 4.78 is 11.5. The maximum Gasteiger partial charge on any atom is 0.161 e. The first kappa shape index (κ1) is 18.3. The van der Waals surface area contributed by atoms with Gasteiger partial charge in [0.2, 0.25) is 0 Å². The molecule has 1 saturated heterocycles. The van der Waals surface area contributed by atoms with Gasteiger partial charge in [-0.3, -0.25) is 4.98 Å². The van der Waals surface area contributed by atoms with Crippen LogP contribution in [0.25, 0.3) is 0 Å². The van der Waals surface area contributed by atoms with Gasteiger partial charge in [0.05, 0.1) is 7.11 Å². The average Bonchev–Trinajstić information content (AvgIpc) is 3.57. The van der Waals surface area contributed by atoms with Crippen LogP contribution < -0.4 is 14.8 Å². The molecule has 1 aromatic heterocycles. The summed E-state index contributed by atoms with van der Waals surface area (Å²) in [5.74, 6) is 1.56. The van der Waals surface area contributed by atoms with E-state index in [1.54, 1.807) is 19.5 Å². The molecule has 144 valence electrons. The number of rotatable bonds is 8. The maximum absolute atomic E-state index is 5.92. The molecule has 1 aromatic carbocycles. The predicted molar refractivity (Wildman–Crippen MR) is 106 cm³/mol. The van der Waals surface area contributed by atoms with E-state index >= 15 is 0 Å². The van der Waals surface area contributed by atoms with Crippen molar-refractivity contribution in [3.8, 4) is 11.5 Å². The van der Waals surface area contributed by atoms with E-state index in [-0.39, 0.29) is 0 Å². The predicted octanol–water partition coefficient (Wildman–Crippen LogP) is 3.39. The lowest BCUT2D eigenvalue weighted by Crippen LogP contribution is -2.43. The molecule has 1 aliphatic heterocycles. The third-order valence-electron chi connectivity index (χ3n) is 5.56. The van der Waals surface area contributed by atoms with Crippen molar-refractivity contribution in [3.05, 3.63) is 53.9 Å². The number of methoxy groups -OCH3 is 1. The van der Waals surface area contributed by atoms with E-state index in [1.165, 1.54) is 44.3 Å². The number of ether oxygens (including phenoxy) is 2. The molecule has 2 heterocycles. The van der Waals surface area contributed by atoms with Gasteiger partial charge in [-0.15, -0.1) is 0 Å². The van der Waals surface area contributed by atoms with Crippen molar-refractivity contribution in [2.45, 2.75) is 50.9 Å². The average molecular weight is 367 g/mol. The molecule has 2 aliphatic rings. The van der Waals surface area contributed by atoms with Crippen LogP contribution in [0.15, 0.2) is 42.7 Å². The molecular weight excluding hydrogens is 338 g/mol. The van der Waals surface area contributed by atoms with E-state index in [1.807, 2.05) is 18.2 Å². The van der Waals surface area contributed by atoms with Gasteiger partial charge < -0.3 is 19.7 Å². The molecule has 5 heteroatoms. The number of likely N-dealkylation sites (tertiary alicyclic amines) is 1. The Morgan fingerprint density at radius 2 is 1.78 bits per heavy atom. The largest absolute Gasteiger partial charge is 0.493 e. The van der Waals surface area contributed by atoms with E-state index < -0.39 is 0 Å². The summed E-state index contributed by atoms with van der Waals surface area (Å²) in [7, 11) is 1.69. The first-order chi connectivity index (χ1) is 13.3. The fourth-order valence-electron chi connectivity index (χ4n) is 3.75. The summed E-state index contributed by atoms with van der Waals surface area (Å²) in [5.41, 5.74) is 2.32. The van der Waals surface area contributed by atoms with Gasteiger partial charge in [-0.05, 0) is 74.2 Å². The topological polar surface area (TPSA) is 46.6 Å². The minimum Gasteiger partial charge on any atom is -0.493 e. The van der Waals surface area contributed by atoms with Gasteiger partial charge in [0, 0.05) is 31.0 Å². The van der Waals surface area contributed by atoms with E-state index in [9.17, 15) is 0 Å². The van der Waals surface area contributed by atoms with Crippen LogP contribution >= 0.6 is 0 Å². The second-order valence-corrected chi connectivity index (χ2v) is 7.55. The van der Waals surface area contributed by atoms with Gasteiger partial charge in [0.1, 0.15) is 6.61 Å². The first-order valence-electron chi connectivity index (χ1n) is 9.98. The van der Waals surface area contributed by atoms with Gasteiger partial charge in [-0.2, -0.15) is 0 Å². The normalized spacial score (nSPS) is 18.4. The van der Waals surface area contributed by atoms with Crippen LogP contribution in [0.4, 0.5) is 0 Å². The van der Waals surface area contributed by atoms with Crippen molar-refractivity contribution in [1.29, 1.82) is 0 Å². The number of piperidine rings is 1. The Kier molecular flexibility index (Phi) is 5.90. The number of pyridine rings is 1. The summed E-state index contributed by atoms with van der Waals surface area (Å²) in [6.07, 6.45) is 8.88. The Balaban J connectivity index is 1.28. The summed E-state index contributed by atoms with van der Waals surface area (Å²) in [4.78, 5) is 6.69. The number of nitrogens with zero attached hydrogens (tertiary/aromatic N) is 2. The zero-order valence-electron chi connectivity index (χ0n) is 16.1. The Bertz CT molecular complexity index is 726. The molecule has 5 nitrogen and oxygen atoms in total. The molecule has 0 amide bonds. The van der Waals surface area contributed by atoms with Gasteiger partial charge >= 0.3 is 0 Å². The molecule has 0 spiro atoms. The fraction of sp³-hybridized carbons (Fsp3) is 0.500. The van der Waals surface area contributed by atoms with Crippen molar-refractivity contribution in [3.63, 3.8) is 0 Å². The molecule has 0 radical (unpaired) electrons. The molecule has 1 aliphatic carbocycles. The molecule has 2 aromatic rings. The Labute approximate surface area is 161 Å². The number of hydrogen-bond acceptors (Lipinski definition) is 5. The molecule has 1 saturated carbocycles. The standard InChI is InChI=1S/C22H29N3O2/c1-26-22-14-18(2-5-21(22)27-16-17-6-10-23-11-7-17)15-24-19-8-12-25(13-9-19)20-3-4-20/h2,5-7,10-11,14,19-20,24H,3-4,8-9,12-13,15-16H2,1H3. The summed E-state index contributed by atoms with van der Waals surface area (Å²) in [6.45, 7) is 3.87. The SMILES string of the molecule is COc1cc(CNC2CCN(C3CC3)CC2)ccc1OCc1ccncc1. The van der Waals surface area contributed by atoms with Gasteiger partial charge in [-0.1, -0.05) is 6.07 Å². The van der Waals surface area contributed by atoms with E-state index in [0.717, 1.165) is 29.6 Å². The van der Waals surface area contributed by atoms with Crippen molar-refractivity contribution in [2.75, 3.05) is 20.2 Å². The van der Waals surface area contributed by atoms with Crippen LogP contribution in [-0.2, 0) is 13.2 Å². The smallest absolute Gasteiger partial charge is 0.161 e. The molecule has 0 unspecified atom stereocenters. The molecule has 27 heavy (non-hydrogen) atoms. The third kappa shape index (κ3) is 4.99.